The van der Waals surface area contributed by atoms with E-state index in [-0.39, 0.29) is 34.1 Å². The van der Waals surface area contributed by atoms with Gasteiger partial charge in [-0.15, -0.1) is 0 Å². The Kier molecular flexibility index (Phi) is 4.95. The van der Waals surface area contributed by atoms with E-state index in [1.54, 1.807) is 12.1 Å². The van der Waals surface area contributed by atoms with Crippen molar-refractivity contribution in [1.29, 1.82) is 0 Å². The van der Waals surface area contributed by atoms with Gasteiger partial charge in [-0.25, -0.2) is 0 Å². The first kappa shape index (κ1) is 20.9. The van der Waals surface area contributed by atoms with E-state index >= 15 is 0 Å². The van der Waals surface area contributed by atoms with Crippen LogP contribution in [0, 0.1) is 10.8 Å². The number of Topliss-reactive ketones (excluding diaryl/α,β-unsaturated/α-hetero) is 2. The number of phenols is 1. The standard InChI is InChI=1S/C26H33NO3/c1-6-11-27-18-12-25(2,3)14-20(29)23(18)22(16-7-9-17(28)10-8-16)24-19(27)13-26(4,5)15-21(24)30/h7-10,22,28H,6,11-15H2,1-5H3. The number of carbonyl (C=O) groups is 2. The number of rotatable bonds is 3. The van der Waals surface area contributed by atoms with E-state index in [2.05, 4.69) is 39.5 Å². The molecule has 4 nitrogen and oxygen atoms in total. The smallest absolute Gasteiger partial charge is 0.162 e. The molecule has 0 atom stereocenters. The van der Waals surface area contributed by atoms with E-state index in [1.165, 1.54) is 0 Å². The Labute approximate surface area is 179 Å². The third kappa shape index (κ3) is 3.51. The van der Waals surface area contributed by atoms with Crippen molar-refractivity contribution in [1.82, 2.24) is 4.90 Å². The van der Waals surface area contributed by atoms with E-state index < -0.39 is 0 Å². The summed E-state index contributed by atoms with van der Waals surface area (Å²) in [6.45, 7) is 11.6. The Bertz CT molecular complexity index is 908. The lowest BCUT2D eigenvalue weighted by Gasteiger charge is -2.49. The lowest BCUT2D eigenvalue weighted by molar-refractivity contribution is -0.119. The van der Waals surface area contributed by atoms with Crippen LogP contribution < -0.4 is 0 Å². The van der Waals surface area contributed by atoms with Gasteiger partial charge >= 0.3 is 0 Å². The summed E-state index contributed by atoms with van der Waals surface area (Å²) in [5, 5.41) is 9.81. The first-order valence-electron chi connectivity index (χ1n) is 11.1. The molecule has 1 aromatic carbocycles. The minimum atomic E-state index is -0.323. The predicted octanol–water partition coefficient (Wildman–Crippen LogP) is 5.49. The number of nitrogens with zero attached hydrogens (tertiary/aromatic N) is 1. The molecule has 0 amide bonds. The van der Waals surface area contributed by atoms with Gasteiger partial charge in [0.1, 0.15) is 5.75 Å². The van der Waals surface area contributed by atoms with Crippen molar-refractivity contribution < 1.29 is 14.7 Å². The summed E-state index contributed by atoms with van der Waals surface area (Å²) in [4.78, 5) is 29.3. The molecule has 30 heavy (non-hydrogen) atoms. The number of ketones is 2. The highest BCUT2D eigenvalue weighted by molar-refractivity contribution is 6.06. The van der Waals surface area contributed by atoms with Crippen LogP contribution >= 0.6 is 0 Å². The number of benzene rings is 1. The number of phenolic OH excluding ortho intramolecular Hbond substituents is 1. The Balaban J connectivity index is 1.98. The highest BCUT2D eigenvalue weighted by Gasteiger charge is 2.48. The molecule has 0 radical (unpaired) electrons. The average Bonchev–Trinajstić information content (AvgIpc) is 2.61. The number of allylic oxidation sites excluding steroid dienone is 4. The number of aromatic hydroxyl groups is 1. The minimum absolute atomic E-state index is 0.0896. The third-order valence-corrected chi connectivity index (χ3v) is 6.70. The zero-order valence-electron chi connectivity index (χ0n) is 18.8. The van der Waals surface area contributed by atoms with Crippen molar-refractivity contribution in [3.8, 4) is 5.75 Å². The van der Waals surface area contributed by atoms with Gasteiger partial charge < -0.3 is 10.0 Å². The lowest BCUT2D eigenvalue weighted by atomic mass is 9.63. The molecular weight excluding hydrogens is 374 g/mol. The molecule has 1 aromatic rings. The second-order valence-electron chi connectivity index (χ2n) is 10.8. The van der Waals surface area contributed by atoms with Crippen molar-refractivity contribution >= 4 is 11.6 Å². The summed E-state index contributed by atoms with van der Waals surface area (Å²) >= 11 is 0. The topological polar surface area (TPSA) is 57.6 Å². The van der Waals surface area contributed by atoms with Crippen LogP contribution in [0.5, 0.6) is 5.75 Å². The molecule has 3 aliphatic rings. The van der Waals surface area contributed by atoms with E-state index in [9.17, 15) is 14.7 Å². The molecule has 0 unspecified atom stereocenters. The van der Waals surface area contributed by atoms with Gasteiger partial charge in [-0.3, -0.25) is 9.59 Å². The minimum Gasteiger partial charge on any atom is -0.508 e. The normalized spacial score (nSPS) is 23.6. The molecule has 1 heterocycles. The van der Waals surface area contributed by atoms with Crippen LogP contribution in [0.15, 0.2) is 46.8 Å². The Morgan fingerprint density at radius 1 is 0.867 bits per heavy atom. The van der Waals surface area contributed by atoms with Gasteiger partial charge in [0.05, 0.1) is 0 Å². The van der Waals surface area contributed by atoms with Gasteiger partial charge in [-0.2, -0.15) is 0 Å². The van der Waals surface area contributed by atoms with Crippen LogP contribution in [-0.4, -0.2) is 28.1 Å². The van der Waals surface area contributed by atoms with Crippen molar-refractivity contribution in [2.75, 3.05) is 6.54 Å². The molecule has 4 rings (SSSR count). The van der Waals surface area contributed by atoms with E-state index in [0.717, 1.165) is 53.9 Å². The summed E-state index contributed by atoms with van der Waals surface area (Å²) in [5.41, 5.74) is 4.58. The number of carbonyl (C=O) groups excluding carboxylic acids is 2. The Morgan fingerprint density at radius 3 is 1.77 bits per heavy atom. The van der Waals surface area contributed by atoms with Gasteiger partial charge in [0.25, 0.3) is 0 Å². The van der Waals surface area contributed by atoms with Crippen molar-refractivity contribution in [2.45, 2.75) is 72.6 Å². The highest BCUT2D eigenvalue weighted by Crippen LogP contribution is 2.54. The maximum Gasteiger partial charge on any atom is 0.162 e. The summed E-state index contributed by atoms with van der Waals surface area (Å²) in [6.07, 6.45) is 3.65. The van der Waals surface area contributed by atoms with Crippen LogP contribution in [0.25, 0.3) is 0 Å². The van der Waals surface area contributed by atoms with Crippen molar-refractivity contribution in [2.24, 2.45) is 10.8 Å². The monoisotopic (exact) mass is 407 g/mol. The maximum absolute atomic E-state index is 13.5. The van der Waals surface area contributed by atoms with E-state index in [1.807, 2.05) is 12.1 Å². The largest absolute Gasteiger partial charge is 0.508 e. The molecule has 0 spiro atoms. The fourth-order valence-corrected chi connectivity index (χ4v) is 5.54. The fourth-order valence-electron chi connectivity index (χ4n) is 5.54. The van der Waals surface area contributed by atoms with Crippen molar-refractivity contribution in [3.63, 3.8) is 0 Å². The molecule has 0 fully saturated rings. The summed E-state index contributed by atoms with van der Waals surface area (Å²) in [6, 6.07) is 7.04. The molecule has 2 aliphatic carbocycles. The van der Waals surface area contributed by atoms with Crippen molar-refractivity contribution in [3.05, 3.63) is 52.4 Å². The Hall–Kier alpha value is -2.36. The van der Waals surface area contributed by atoms with E-state index in [0.29, 0.717) is 12.8 Å². The molecule has 160 valence electrons. The average molecular weight is 408 g/mol. The molecule has 1 aliphatic heterocycles. The zero-order valence-corrected chi connectivity index (χ0v) is 18.8. The second-order valence-corrected chi connectivity index (χ2v) is 10.8. The van der Waals surface area contributed by atoms with Crippen LogP contribution in [0.3, 0.4) is 0 Å². The molecular formula is C26H33NO3. The van der Waals surface area contributed by atoms with Gasteiger partial charge in [0.2, 0.25) is 0 Å². The SMILES string of the molecule is CCCN1C2=C(C(=O)CC(C)(C)C2)C(c2ccc(O)cc2)C2=C1CC(C)(C)CC2=O. The summed E-state index contributed by atoms with van der Waals surface area (Å²) in [7, 11) is 0. The summed E-state index contributed by atoms with van der Waals surface area (Å²) < 4.78 is 0. The highest BCUT2D eigenvalue weighted by atomic mass is 16.3. The second kappa shape index (κ2) is 7.11. The Morgan fingerprint density at radius 2 is 1.33 bits per heavy atom. The quantitative estimate of drug-likeness (QED) is 0.720. The van der Waals surface area contributed by atoms with Crippen LogP contribution in [0.4, 0.5) is 0 Å². The molecule has 4 heteroatoms. The zero-order chi connectivity index (χ0) is 21.8. The lowest BCUT2D eigenvalue weighted by Crippen LogP contribution is -2.44. The number of hydrogen-bond acceptors (Lipinski definition) is 4. The van der Waals surface area contributed by atoms with Crippen LogP contribution in [0.1, 0.15) is 78.2 Å². The summed E-state index contributed by atoms with van der Waals surface area (Å²) in [5.74, 6) is 0.183. The molecule has 0 saturated heterocycles. The molecule has 0 bridgehead atoms. The molecule has 1 N–H and O–H groups in total. The van der Waals surface area contributed by atoms with Crippen LogP contribution in [-0.2, 0) is 9.59 Å². The first-order chi connectivity index (χ1) is 14.0. The van der Waals surface area contributed by atoms with Gasteiger partial charge in [0, 0.05) is 47.8 Å². The predicted molar refractivity (Wildman–Crippen MR) is 118 cm³/mol. The first-order valence-corrected chi connectivity index (χ1v) is 11.1. The third-order valence-electron chi connectivity index (χ3n) is 6.70. The van der Waals surface area contributed by atoms with Gasteiger partial charge in [0.15, 0.2) is 11.6 Å². The molecule has 0 saturated carbocycles. The molecule has 0 aromatic heterocycles. The van der Waals surface area contributed by atoms with Crippen LogP contribution in [0.2, 0.25) is 0 Å². The maximum atomic E-state index is 13.5. The van der Waals surface area contributed by atoms with Gasteiger partial charge in [-0.05, 0) is 47.8 Å². The number of hydrogen-bond donors (Lipinski definition) is 1. The van der Waals surface area contributed by atoms with Gasteiger partial charge in [-0.1, -0.05) is 46.8 Å². The van der Waals surface area contributed by atoms with E-state index in [4.69, 9.17) is 0 Å². The fraction of sp³-hybridized carbons (Fsp3) is 0.538.